The molecule has 101 heavy (non-hydrogen) atoms. The van der Waals surface area contributed by atoms with Crippen molar-refractivity contribution in [3.63, 3.8) is 0 Å². The third-order valence-electron chi connectivity index (χ3n) is 14.8. The first-order valence-electron chi connectivity index (χ1n) is 38.5. The summed E-state index contributed by atoms with van der Waals surface area (Å²) < 4.78 is 33.2. The number of phosphoric ester groups is 1. The van der Waals surface area contributed by atoms with Gasteiger partial charge in [-0.1, -0.05) is 325 Å². The second kappa shape index (κ2) is 82.0. The zero-order valence-corrected chi connectivity index (χ0v) is 63.6. The Labute approximate surface area is 616 Å². The normalized spacial score (nSPS) is 14.5. The van der Waals surface area contributed by atoms with Crippen LogP contribution < -0.4 is 5.73 Å². The van der Waals surface area contributed by atoms with Crippen molar-refractivity contribution >= 4 is 19.8 Å². The lowest BCUT2D eigenvalue weighted by Gasteiger charge is -2.19. The molecule has 0 fully saturated rings. The van der Waals surface area contributed by atoms with Gasteiger partial charge in [0.15, 0.2) is 6.10 Å². The number of esters is 2. The summed E-state index contributed by atoms with van der Waals surface area (Å²) in [7, 11) is -4.43. The van der Waals surface area contributed by atoms with Gasteiger partial charge in [-0.15, -0.1) is 0 Å². The highest BCUT2D eigenvalue weighted by Crippen LogP contribution is 2.43. The summed E-state index contributed by atoms with van der Waals surface area (Å²) in [6.45, 7) is 3.42. The lowest BCUT2D eigenvalue weighted by Crippen LogP contribution is -2.29. The van der Waals surface area contributed by atoms with Crippen LogP contribution in [0.15, 0.2) is 279 Å². The fourth-order valence-corrected chi connectivity index (χ4v) is 9.97. The monoisotopic (exact) mass is 1400 g/mol. The van der Waals surface area contributed by atoms with Crippen LogP contribution in [0, 0.1) is 0 Å². The van der Waals surface area contributed by atoms with Gasteiger partial charge in [0.05, 0.1) is 13.2 Å². The average molecular weight is 1400 g/mol. The highest BCUT2D eigenvalue weighted by molar-refractivity contribution is 7.47. The number of hydrogen-bond acceptors (Lipinski definition) is 8. The van der Waals surface area contributed by atoms with E-state index in [1.165, 1.54) is 0 Å². The van der Waals surface area contributed by atoms with Gasteiger partial charge in [-0.3, -0.25) is 18.6 Å². The molecule has 10 heteroatoms. The minimum Gasteiger partial charge on any atom is -0.462 e. The second-order valence-corrected chi connectivity index (χ2v) is 25.5. The third kappa shape index (κ3) is 81.9. The van der Waals surface area contributed by atoms with E-state index in [4.69, 9.17) is 24.3 Å². The van der Waals surface area contributed by atoms with Crippen molar-refractivity contribution < 1.29 is 37.6 Å². The molecule has 0 aromatic heterocycles. The second-order valence-electron chi connectivity index (χ2n) is 24.0. The molecule has 3 N–H and O–H groups in total. The molecule has 0 amide bonds. The molecule has 0 rings (SSSR count). The molecular formula is C91H136NO8P. The van der Waals surface area contributed by atoms with Crippen LogP contribution in [-0.2, 0) is 32.7 Å². The van der Waals surface area contributed by atoms with Crippen molar-refractivity contribution in [1.29, 1.82) is 0 Å². The van der Waals surface area contributed by atoms with E-state index in [9.17, 15) is 19.0 Å². The molecule has 0 aromatic rings. The summed E-state index contributed by atoms with van der Waals surface area (Å²) >= 11 is 0. The molecule has 0 aliphatic carbocycles. The first-order chi connectivity index (χ1) is 49.8. The molecule has 2 atom stereocenters. The molecule has 0 radical (unpaired) electrons. The molecule has 0 aliphatic rings. The van der Waals surface area contributed by atoms with E-state index in [-0.39, 0.29) is 32.6 Å². The minimum atomic E-state index is -4.43. The Bertz CT molecular complexity index is 2720. The number of phosphoric acid groups is 1. The van der Waals surface area contributed by atoms with E-state index in [0.29, 0.717) is 12.8 Å². The first kappa shape index (κ1) is 94.0. The van der Waals surface area contributed by atoms with Crippen molar-refractivity contribution in [1.82, 2.24) is 0 Å². The van der Waals surface area contributed by atoms with E-state index in [2.05, 4.69) is 293 Å². The van der Waals surface area contributed by atoms with Crippen LogP contribution in [0.3, 0.4) is 0 Å². The van der Waals surface area contributed by atoms with E-state index in [1.54, 1.807) is 0 Å². The number of allylic oxidation sites excluding steroid dienone is 46. The summed E-state index contributed by atoms with van der Waals surface area (Å²) in [5.41, 5.74) is 5.40. The Morgan fingerprint density at radius 2 is 0.515 bits per heavy atom. The van der Waals surface area contributed by atoms with Gasteiger partial charge < -0.3 is 20.1 Å². The van der Waals surface area contributed by atoms with Crippen LogP contribution in [0.1, 0.15) is 245 Å². The van der Waals surface area contributed by atoms with E-state index < -0.39 is 32.5 Å². The van der Waals surface area contributed by atoms with Gasteiger partial charge >= 0.3 is 19.8 Å². The number of unbranched alkanes of at least 4 members (excludes halogenated alkanes) is 9. The van der Waals surface area contributed by atoms with Crippen LogP contribution in [0.4, 0.5) is 0 Å². The maximum Gasteiger partial charge on any atom is 0.472 e. The van der Waals surface area contributed by atoms with Gasteiger partial charge in [0, 0.05) is 19.4 Å². The smallest absolute Gasteiger partial charge is 0.462 e. The number of nitrogens with two attached hydrogens (primary N) is 1. The molecule has 0 bridgehead atoms. The maximum atomic E-state index is 12.8. The van der Waals surface area contributed by atoms with Crippen LogP contribution in [0.25, 0.3) is 0 Å². The molecule has 0 spiro atoms. The Balaban J connectivity index is 4.09. The third-order valence-corrected chi connectivity index (χ3v) is 15.8. The number of rotatable bonds is 68. The number of ether oxygens (including phenoxy) is 2. The lowest BCUT2D eigenvalue weighted by molar-refractivity contribution is -0.161. The highest BCUT2D eigenvalue weighted by Gasteiger charge is 2.26. The summed E-state index contributed by atoms with van der Waals surface area (Å²) in [6.07, 6.45) is 134. The molecule has 9 nitrogen and oxygen atoms in total. The predicted octanol–water partition coefficient (Wildman–Crippen LogP) is 26.4. The maximum absolute atomic E-state index is 12.8. The number of carbonyl (C=O) groups is 2. The SMILES string of the molecule is CC/C=C\C/C=C\C/C=C\C/C=C\C/C=C\C/C=C\C/C=C\C/C=C\C/C=C\C/C=C\C/C=C\C/C=C\CCCCCCC(=O)OC(COC(=O)CCCCCCC/C=C\C/C=C\C/C=C\C/C=C\C/C=C\C/C=C\C/C=C\C/C=C\C/C=C\C/C=C\C/C=C\CC)COP(=O)(O)OCCN. The molecule has 0 saturated carbocycles. The first-order valence-corrected chi connectivity index (χ1v) is 40.0. The average Bonchev–Trinajstić information content (AvgIpc) is 1.04. The van der Waals surface area contributed by atoms with Gasteiger partial charge in [-0.2, -0.15) is 0 Å². The van der Waals surface area contributed by atoms with Crippen molar-refractivity contribution in [2.75, 3.05) is 26.4 Å². The van der Waals surface area contributed by atoms with Crippen molar-refractivity contribution in [3.05, 3.63) is 279 Å². The van der Waals surface area contributed by atoms with Crippen LogP contribution >= 0.6 is 7.82 Å². The molecule has 0 saturated heterocycles. The molecule has 558 valence electrons. The Hall–Kier alpha value is -6.97. The Kier molecular flexibility index (Phi) is 76.3. The molecule has 0 heterocycles. The highest BCUT2D eigenvalue weighted by atomic mass is 31.2. The number of hydrogen-bond donors (Lipinski definition) is 2. The van der Waals surface area contributed by atoms with Gasteiger partial charge in [0.1, 0.15) is 6.61 Å². The molecule has 0 aliphatic heterocycles. The fourth-order valence-electron chi connectivity index (χ4n) is 9.21. The molecule has 0 aromatic carbocycles. The zero-order valence-electron chi connectivity index (χ0n) is 62.7. The van der Waals surface area contributed by atoms with Crippen LogP contribution in [0.2, 0.25) is 0 Å². The van der Waals surface area contributed by atoms with Gasteiger partial charge in [-0.05, 0) is 186 Å². The topological polar surface area (TPSA) is 134 Å². The van der Waals surface area contributed by atoms with E-state index >= 15 is 0 Å². The predicted molar refractivity (Wildman–Crippen MR) is 439 cm³/mol. The van der Waals surface area contributed by atoms with Gasteiger partial charge in [0.25, 0.3) is 0 Å². The summed E-state index contributed by atoms with van der Waals surface area (Å²) in [5.74, 6) is -0.903. The van der Waals surface area contributed by atoms with Crippen molar-refractivity contribution in [2.24, 2.45) is 5.73 Å². The molecular weight excluding hydrogens is 1270 g/mol. The Morgan fingerprint density at radius 3 is 0.762 bits per heavy atom. The van der Waals surface area contributed by atoms with E-state index in [1.807, 2.05) is 0 Å². The fraction of sp³-hybridized carbons (Fsp3) is 0.473. The lowest BCUT2D eigenvalue weighted by atomic mass is 10.1. The van der Waals surface area contributed by atoms with Crippen molar-refractivity contribution in [2.45, 2.75) is 251 Å². The van der Waals surface area contributed by atoms with Crippen LogP contribution in [-0.4, -0.2) is 49.3 Å². The standard InChI is InChI=1S/C91H136NO8P/c1-3-5-7-9-11-13-15-17-19-21-23-25-27-29-31-33-35-37-39-41-43-44-46-48-50-52-54-56-58-60-62-64-66-68-70-72-74-76-78-80-82-84-91(94)100-89(88-99-101(95,96)98-86-85-92)87-97-90(93)83-81-79-77-75-73-71-69-67-65-63-61-59-57-55-53-51-49-47-45-42-40-38-36-34-32-30-28-26-24-22-20-18-16-14-12-10-8-6-4-2/h5-8,11-14,17-20,23-26,29-32,35-38,41-43,45-46,48-49,51-52,54-55,57-58,60-61,63-64,66-67,69-70,72,89H,3-4,9-10,15-16,21-22,27-28,33-34,39-40,44,47,50,53,56,59,62,65,68,71,73-88,92H2,1-2H3,(H,95,96)/b7-5-,8-6-,13-11-,14-12-,19-17-,20-18-,25-23-,26-24-,31-29-,32-30-,37-35-,38-36-,43-41-,45-42-,48-46-,51-49-,54-52-,57-55-,60-58-,63-61-,66-64-,69-67-,72-70-. The van der Waals surface area contributed by atoms with E-state index in [0.717, 1.165) is 205 Å². The van der Waals surface area contributed by atoms with Gasteiger partial charge in [0.2, 0.25) is 0 Å². The minimum absolute atomic E-state index is 0.0305. The number of carbonyl (C=O) groups excluding carboxylic acids is 2. The largest absolute Gasteiger partial charge is 0.472 e. The molecule has 2 unspecified atom stereocenters. The summed E-state index contributed by atoms with van der Waals surface area (Å²) in [6, 6.07) is 0. The van der Waals surface area contributed by atoms with Crippen LogP contribution in [0.5, 0.6) is 0 Å². The summed E-state index contributed by atoms with van der Waals surface area (Å²) in [5, 5.41) is 0. The van der Waals surface area contributed by atoms with Crippen molar-refractivity contribution in [3.8, 4) is 0 Å². The Morgan fingerprint density at radius 1 is 0.297 bits per heavy atom. The van der Waals surface area contributed by atoms with Gasteiger partial charge in [-0.25, -0.2) is 4.57 Å². The summed E-state index contributed by atoms with van der Waals surface area (Å²) in [4.78, 5) is 35.4. The zero-order chi connectivity index (χ0) is 72.9. The quantitative estimate of drug-likeness (QED) is 0.0264.